The summed E-state index contributed by atoms with van der Waals surface area (Å²) in [7, 11) is 1.80. The molecular weight excluding hydrogens is 270 g/mol. The van der Waals surface area contributed by atoms with Crippen molar-refractivity contribution in [2.45, 2.75) is 39.2 Å². The molecule has 1 unspecified atom stereocenters. The van der Waals surface area contributed by atoms with Gasteiger partial charge >= 0.3 is 0 Å². The highest BCUT2D eigenvalue weighted by Gasteiger charge is 2.30. The number of ether oxygens (including phenoxy) is 1. The third-order valence-corrected chi connectivity index (χ3v) is 3.74. The van der Waals surface area contributed by atoms with E-state index in [9.17, 15) is 9.59 Å². The van der Waals surface area contributed by atoms with Crippen LogP contribution in [-0.2, 0) is 14.3 Å². The van der Waals surface area contributed by atoms with Gasteiger partial charge in [-0.15, -0.1) is 0 Å². The summed E-state index contributed by atoms with van der Waals surface area (Å²) < 4.78 is 5.29. The Morgan fingerprint density at radius 3 is 2.90 bits per heavy atom. The number of nitrogens with one attached hydrogen (secondary N) is 1. The lowest BCUT2D eigenvalue weighted by atomic mass is 10.1. The van der Waals surface area contributed by atoms with Crippen molar-refractivity contribution in [3.05, 3.63) is 0 Å². The average Bonchev–Trinajstić information content (AvgIpc) is 2.48. The van der Waals surface area contributed by atoms with Gasteiger partial charge in [0.05, 0.1) is 19.1 Å². The molecule has 6 nitrogen and oxygen atoms in total. The van der Waals surface area contributed by atoms with Crippen molar-refractivity contribution in [3.63, 3.8) is 0 Å². The third-order valence-electron chi connectivity index (χ3n) is 3.74. The Balaban J connectivity index is 2.43. The Bertz CT molecular complexity index is 336. The van der Waals surface area contributed by atoms with Crippen LogP contribution in [0.25, 0.3) is 0 Å². The van der Waals surface area contributed by atoms with Crippen LogP contribution in [0.4, 0.5) is 0 Å². The molecule has 0 radical (unpaired) electrons. The molecular formula is C15H29N3O3. The number of unbranched alkanes of at least 4 members (excludes halogenated alkanes) is 1. The molecule has 2 amide bonds. The van der Waals surface area contributed by atoms with E-state index in [-0.39, 0.29) is 18.2 Å². The van der Waals surface area contributed by atoms with Gasteiger partial charge in [0.15, 0.2) is 0 Å². The normalized spacial score (nSPS) is 18.9. The molecule has 0 aromatic heterocycles. The van der Waals surface area contributed by atoms with E-state index in [1.54, 1.807) is 16.8 Å². The fourth-order valence-corrected chi connectivity index (χ4v) is 2.34. The lowest BCUT2D eigenvalue weighted by Crippen LogP contribution is -2.56. The van der Waals surface area contributed by atoms with Gasteiger partial charge in [-0.3, -0.25) is 9.59 Å². The molecule has 21 heavy (non-hydrogen) atoms. The molecule has 6 heteroatoms. The highest BCUT2D eigenvalue weighted by Crippen LogP contribution is 2.07. The summed E-state index contributed by atoms with van der Waals surface area (Å²) in [4.78, 5) is 28.0. The first kappa shape index (κ1) is 17.9. The Morgan fingerprint density at radius 1 is 1.48 bits per heavy atom. The van der Waals surface area contributed by atoms with Crippen LogP contribution in [0.5, 0.6) is 0 Å². The Hall–Kier alpha value is -1.14. The minimum atomic E-state index is -0.392. The molecule has 0 aromatic rings. The summed E-state index contributed by atoms with van der Waals surface area (Å²) >= 11 is 0. The predicted octanol–water partition coefficient (Wildman–Crippen LogP) is 0.472. The zero-order chi connectivity index (χ0) is 15.7. The van der Waals surface area contributed by atoms with Crippen molar-refractivity contribution >= 4 is 11.8 Å². The van der Waals surface area contributed by atoms with Crippen LogP contribution in [0.1, 0.15) is 33.1 Å². The first-order chi connectivity index (χ1) is 10.1. The van der Waals surface area contributed by atoms with E-state index in [4.69, 9.17) is 4.74 Å². The number of piperazine rings is 1. The van der Waals surface area contributed by atoms with E-state index < -0.39 is 6.04 Å². The van der Waals surface area contributed by atoms with Gasteiger partial charge in [0.1, 0.15) is 0 Å². The first-order valence-corrected chi connectivity index (χ1v) is 7.94. The Labute approximate surface area is 127 Å². The summed E-state index contributed by atoms with van der Waals surface area (Å²) in [5, 5.41) is 3.15. The quantitative estimate of drug-likeness (QED) is 0.629. The predicted molar refractivity (Wildman–Crippen MR) is 82.0 cm³/mol. The lowest BCUT2D eigenvalue weighted by Gasteiger charge is -2.33. The van der Waals surface area contributed by atoms with E-state index in [2.05, 4.69) is 12.2 Å². The second-order valence-corrected chi connectivity index (χ2v) is 5.40. The van der Waals surface area contributed by atoms with Crippen molar-refractivity contribution in [1.29, 1.82) is 0 Å². The van der Waals surface area contributed by atoms with Gasteiger partial charge < -0.3 is 19.9 Å². The van der Waals surface area contributed by atoms with Crippen molar-refractivity contribution < 1.29 is 14.3 Å². The number of amides is 2. The van der Waals surface area contributed by atoms with E-state index >= 15 is 0 Å². The number of rotatable bonds is 9. The van der Waals surface area contributed by atoms with E-state index in [1.807, 2.05) is 6.92 Å². The summed E-state index contributed by atoms with van der Waals surface area (Å²) in [6.45, 7) is 8.02. The number of carbonyl (C=O) groups is 2. The minimum absolute atomic E-state index is 0.0122. The molecule has 0 bridgehead atoms. The average molecular weight is 299 g/mol. The largest absolute Gasteiger partial charge is 0.380 e. The Kier molecular flexibility index (Phi) is 8.30. The second-order valence-electron chi connectivity index (χ2n) is 5.40. The van der Waals surface area contributed by atoms with Gasteiger partial charge in [-0.1, -0.05) is 13.3 Å². The molecule has 1 aliphatic rings. The van der Waals surface area contributed by atoms with Crippen LogP contribution in [0.15, 0.2) is 0 Å². The molecule has 1 rings (SSSR count). The topological polar surface area (TPSA) is 61.9 Å². The zero-order valence-electron chi connectivity index (χ0n) is 13.6. The highest BCUT2D eigenvalue weighted by atomic mass is 16.5. The summed E-state index contributed by atoms with van der Waals surface area (Å²) in [6, 6.07) is -0.392. The van der Waals surface area contributed by atoms with E-state index in [0.29, 0.717) is 26.3 Å². The van der Waals surface area contributed by atoms with Crippen LogP contribution >= 0.6 is 0 Å². The number of hydrogen-bond donors (Lipinski definition) is 1. The first-order valence-electron chi connectivity index (χ1n) is 7.94. The molecule has 1 saturated heterocycles. The van der Waals surface area contributed by atoms with Crippen molar-refractivity contribution in [2.24, 2.45) is 0 Å². The fraction of sp³-hybridized carbons (Fsp3) is 0.867. The molecule has 122 valence electrons. The zero-order valence-corrected chi connectivity index (χ0v) is 13.6. The second kappa shape index (κ2) is 9.73. The molecule has 1 atom stereocenters. The maximum atomic E-state index is 12.3. The number of hydrogen-bond acceptors (Lipinski definition) is 4. The van der Waals surface area contributed by atoms with Crippen LogP contribution in [0.2, 0.25) is 0 Å². The standard InChI is InChI=1S/C15H29N3O3/c1-4-6-8-17(3)14(19)12-13-15(20)18(9-7-16-13)10-11-21-5-2/h13,16H,4-12H2,1-3H3. The van der Waals surface area contributed by atoms with Crippen molar-refractivity contribution in [3.8, 4) is 0 Å². The smallest absolute Gasteiger partial charge is 0.240 e. The SMILES string of the molecule is CCCCN(C)C(=O)CC1NCCN(CCOCC)C1=O. The van der Waals surface area contributed by atoms with Gasteiger partial charge in [0.2, 0.25) is 11.8 Å². The van der Waals surface area contributed by atoms with Gasteiger partial charge in [0, 0.05) is 39.8 Å². The molecule has 0 spiro atoms. The fourth-order valence-electron chi connectivity index (χ4n) is 2.34. The van der Waals surface area contributed by atoms with E-state index in [0.717, 1.165) is 25.9 Å². The van der Waals surface area contributed by atoms with E-state index in [1.165, 1.54) is 0 Å². The summed E-state index contributed by atoms with van der Waals surface area (Å²) in [5.41, 5.74) is 0. The molecule has 0 saturated carbocycles. The Morgan fingerprint density at radius 2 is 2.24 bits per heavy atom. The third kappa shape index (κ3) is 6.01. The number of nitrogens with zero attached hydrogens (tertiary/aromatic N) is 2. The minimum Gasteiger partial charge on any atom is -0.380 e. The van der Waals surface area contributed by atoms with Crippen LogP contribution in [-0.4, -0.2) is 74.1 Å². The molecule has 1 heterocycles. The van der Waals surface area contributed by atoms with Gasteiger partial charge in [0.25, 0.3) is 0 Å². The molecule has 1 aliphatic heterocycles. The highest BCUT2D eigenvalue weighted by molar-refractivity contribution is 5.88. The summed E-state index contributed by atoms with van der Waals surface area (Å²) in [6.07, 6.45) is 2.29. The van der Waals surface area contributed by atoms with Crippen LogP contribution in [0, 0.1) is 0 Å². The molecule has 1 N–H and O–H groups in total. The molecule has 1 fully saturated rings. The van der Waals surface area contributed by atoms with Gasteiger partial charge in [-0.2, -0.15) is 0 Å². The van der Waals surface area contributed by atoms with Crippen molar-refractivity contribution in [2.75, 3.05) is 46.4 Å². The van der Waals surface area contributed by atoms with Crippen molar-refractivity contribution in [1.82, 2.24) is 15.1 Å². The number of carbonyl (C=O) groups excluding carboxylic acids is 2. The maximum Gasteiger partial charge on any atom is 0.240 e. The summed E-state index contributed by atoms with van der Waals surface area (Å²) in [5.74, 6) is 0.0409. The van der Waals surface area contributed by atoms with Crippen LogP contribution < -0.4 is 5.32 Å². The van der Waals surface area contributed by atoms with Gasteiger partial charge in [-0.05, 0) is 13.3 Å². The van der Waals surface area contributed by atoms with Gasteiger partial charge in [-0.25, -0.2) is 0 Å². The maximum absolute atomic E-state index is 12.3. The lowest BCUT2D eigenvalue weighted by molar-refractivity contribution is -0.141. The molecule has 0 aromatic carbocycles. The monoisotopic (exact) mass is 299 g/mol. The van der Waals surface area contributed by atoms with Crippen LogP contribution in [0.3, 0.4) is 0 Å². The molecule has 0 aliphatic carbocycles.